The lowest BCUT2D eigenvalue weighted by atomic mass is 10.0. The summed E-state index contributed by atoms with van der Waals surface area (Å²) in [6.07, 6.45) is 4.71. The molecule has 0 bridgehead atoms. The fourth-order valence-corrected chi connectivity index (χ4v) is 3.73. The Morgan fingerprint density at radius 1 is 1.27 bits per heavy atom. The van der Waals surface area contributed by atoms with Crippen molar-refractivity contribution in [3.05, 3.63) is 23.4 Å². The highest BCUT2D eigenvalue weighted by Crippen LogP contribution is 2.34. The molecule has 1 atom stereocenters. The fourth-order valence-electron chi connectivity index (χ4n) is 3.73. The quantitative estimate of drug-likeness (QED) is 0.855. The highest BCUT2D eigenvalue weighted by Gasteiger charge is 2.28. The number of hydrogen-bond acceptors (Lipinski definition) is 4. The summed E-state index contributed by atoms with van der Waals surface area (Å²) >= 11 is 0. The number of likely N-dealkylation sites (tertiary alicyclic amines) is 1. The maximum absolute atomic E-state index is 5.43. The first-order valence-corrected chi connectivity index (χ1v) is 8.68. The van der Waals surface area contributed by atoms with Crippen LogP contribution in [0.25, 0.3) is 0 Å². The zero-order valence-electron chi connectivity index (χ0n) is 14.2. The third-order valence-corrected chi connectivity index (χ3v) is 4.79. The van der Waals surface area contributed by atoms with E-state index >= 15 is 0 Å². The minimum absolute atomic E-state index is 0.564. The second-order valence-electron chi connectivity index (χ2n) is 7.05. The molecule has 3 heterocycles. The van der Waals surface area contributed by atoms with Crippen LogP contribution in [-0.4, -0.2) is 49.3 Å². The van der Waals surface area contributed by atoms with Crippen LogP contribution in [0.5, 0.6) is 0 Å². The molecule has 0 amide bonds. The predicted octanol–water partition coefficient (Wildman–Crippen LogP) is 3.02. The van der Waals surface area contributed by atoms with E-state index in [2.05, 4.69) is 42.8 Å². The molecule has 0 N–H and O–H groups in total. The highest BCUT2D eigenvalue weighted by atomic mass is 16.5. The van der Waals surface area contributed by atoms with Gasteiger partial charge in [0, 0.05) is 31.9 Å². The third-order valence-electron chi connectivity index (χ3n) is 4.79. The number of aromatic nitrogens is 1. The van der Waals surface area contributed by atoms with Crippen LogP contribution in [0.3, 0.4) is 0 Å². The van der Waals surface area contributed by atoms with Crippen molar-refractivity contribution in [1.29, 1.82) is 0 Å². The molecule has 0 spiro atoms. The van der Waals surface area contributed by atoms with Crippen molar-refractivity contribution >= 4 is 5.82 Å². The second kappa shape index (κ2) is 6.97. The zero-order valence-corrected chi connectivity index (χ0v) is 14.2. The Bertz CT molecular complexity index is 497. The Labute approximate surface area is 134 Å². The number of anilines is 1. The summed E-state index contributed by atoms with van der Waals surface area (Å²) in [5.74, 6) is 1.83. The number of aryl methyl sites for hydroxylation is 1. The minimum atomic E-state index is 0.564. The van der Waals surface area contributed by atoms with E-state index in [0.29, 0.717) is 6.04 Å². The van der Waals surface area contributed by atoms with Crippen molar-refractivity contribution in [1.82, 2.24) is 9.88 Å². The summed E-state index contributed by atoms with van der Waals surface area (Å²) < 4.78 is 5.43. The monoisotopic (exact) mass is 303 g/mol. The lowest BCUT2D eigenvalue weighted by Gasteiger charge is -2.30. The van der Waals surface area contributed by atoms with Crippen molar-refractivity contribution in [2.45, 2.75) is 39.7 Å². The number of ether oxygens (including phenoxy) is 1. The molecule has 0 aromatic carbocycles. The molecule has 4 nitrogen and oxygen atoms in total. The van der Waals surface area contributed by atoms with Crippen LogP contribution in [0.1, 0.15) is 43.9 Å². The van der Waals surface area contributed by atoms with Gasteiger partial charge < -0.3 is 9.64 Å². The fraction of sp³-hybridized carbons (Fsp3) is 0.722. The van der Waals surface area contributed by atoms with E-state index in [1.54, 1.807) is 0 Å². The number of pyridine rings is 1. The van der Waals surface area contributed by atoms with Gasteiger partial charge in [0.15, 0.2) is 0 Å². The van der Waals surface area contributed by atoms with Gasteiger partial charge in [0.1, 0.15) is 5.82 Å². The van der Waals surface area contributed by atoms with Crippen LogP contribution < -0.4 is 4.90 Å². The number of rotatable bonds is 4. The first-order chi connectivity index (χ1) is 10.6. The van der Waals surface area contributed by atoms with Gasteiger partial charge in [-0.05, 0) is 49.4 Å². The van der Waals surface area contributed by atoms with E-state index in [9.17, 15) is 0 Å². The van der Waals surface area contributed by atoms with Crippen molar-refractivity contribution < 1.29 is 4.74 Å². The molecule has 0 saturated carbocycles. The largest absolute Gasteiger partial charge is 0.378 e. The van der Waals surface area contributed by atoms with Crippen LogP contribution in [0.2, 0.25) is 0 Å². The average Bonchev–Trinajstić information content (AvgIpc) is 2.95. The van der Waals surface area contributed by atoms with Gasteiger partial charge in [-0.15, -0.1) is 0 Å². The lowest BCUT2D eigenvalue weighted by Crippen LogP contribution is -2.36. The molecule has 1 aromatic rings. The van der Waals surface area contributed by atoms with E-state index in [1.807, 2.05) is 0 Å². The Balaban J connectivity index is 1.76. The maximum Gasteiger partial charge on any atom is 0.128 e. The molecule has 0 unspecified atom stereocenters. The van der Waals surface area contributed by atoms with Gasteiger partial charge in [0.2, 0.25) is 0 Å². The zero-order chi connectivity index (χ0) is 15.5. The Morgan fingerprint density at radius 3 is 2.73 bits per heavy atom. The Kier molecular flexibility index (Phi) is 4.99. The molecular formula is C18H29N3O. The van der Waals surface area contributed by atoms with Crippen LogP contribution in [0.4, 0.5) is 5.82 Å². The Hall–Kier alpha value is -1.13. The van der Waals surface area contributed by atoms with E-state index in [4.69, 9.17) is 9.72 Å². The van der Waals surface area contributed by atoms with Gasteiger partial charge in [-0.3, -0.25) is 4.90 Å². The predicted molar refractivity (Wildman–Crippen MR) is 90.4 cm³/mol. The van der Waals surface area contributed by atoms with Gasteiger partial charge >= 0.3 is 0 Å². The lowest BCUT2D eigenvalue weighted by molar-refractivity contribution is 0.122. The van der Waals surface area contributed by atoms with Crippen molar-refractivity contribution in [3.63, 3.8) is 0 Å². The maximum atomic E-state index is 5.43. The third kappa shape index (κ3) is 3.44. The summed E-state index contributed by atoms with van der Waals surface area (Å²) in [5, 5.41) is 0. The molecule has 2 fully saturated rings. The van der Waals surface area contributed by atoms with Gasteiger partial charge in [-0.25, -0.2) is 4.98 Å². The average molecular weight is 303 g/mol. The first kappa shape index (κ1) is 15.8. The highest BCUT2D eigenvalue weighted by molar-refractivity contribution is 5.44. The van der Waals surface area contributed by atoms with Gasteiger partial charge in [-0.1, -0.05) is 13.8 Å². The Morgan fingerprint density at radius 2 is 2.05 bits per heavy atom. The summed E-state index contributed by atoms with van der Waals surface area (Å²) in [5.41, 5.74) is 2.81. The molecule has 4 heteroatoms. The molecular weight excluding hydrogens is 274 g/mol. The molecule has 0 aliphatic carbocycles. The summed E-state index contributed by atoms with van der Waals surface area (Å²) in [7, 11) is 0. The van der Waals surface area contributed by atoms with Gasteiger partial charge in [-0.2, -0.15) is 0 Å². The van der Waals surface area contributed by atoms with Gasteiger partial charge in [0.25, 0.3) is 0 Å². The minimum Gasteiger partial charge on any atom is -0.378 e. The summed E-state index contributed by atoms with van der Waals surface area (Å²) in [6, 6.07) is 2.83. The van der Waals surface area contributed by atoms with Gasteiger partial charge in [0.05, 0.1) is 13.2 Å². The summed E-state index contributed by atoms with van der Waals surface area (Å²) in [4.78, 5) is 9.74. The number of nitrogens with zero attached hydrogens (tertiary/aromatic N) is 3. The van der Waals surface area contributed by atoms with Crippen molar-refractivity contribution in [3.8, 4) is 0 Å². The van der Waals surface area contributed by atoms with E-state index in [0.717, 1.165) is 38.0 Å². The topological polar surface area (TPSA) is 28.6 Å². The molecule has 2 aliphatic rings. The molecule has 122 valence electrons. The summed E-state index contributed by atoms with van der Waals surface area (Å²) in [6.45, 7) is 12.8. The molecule has 3 rings (SSSR count). The van der Waals surface area contributed by atoms with Crippen molar-refractivity contribution in [2.75, 3.05) is 44.3 Å². The van der Waals surface area contributed by atoms with Crippen molar-refractivity contribution in [2.24, 2.45) is 5.92 Å². The van der Waals surface area contributed by atoms with Crippen LogP contribution >= 0.6 is 0 Å². The smallest absolute Gasteiger partial charge is 0.128 e. The first-order valence-electron chi connectivity index (χ1n) is 8.68. The normalized spacial score (nSPS) is 23.5. The number of morpholine rings is 1. The molecule has 2 saturated heterocycles. The van der Waals surface area contributed by atoms with Crippen LogP contribution in [-0.2, 0) is 4.74 Å². The number of hydrogen-bond donors (Lipinski definition) is 0. The molecule has 1 aromatic heterocycles. The van der Waals surface area contributed by atoms with E-state index < -0.39 is 0 Å². The molecule has 0 radical (unpaired) electrons. The SMILES string of the molecule is Cc1cc(N2CCOCC2)ncc1[C@H]1CCCN1CC(C)C. The van der Waals surface area contributed by atoms with Crippen LogP contribution in [0.15, 0.2) is 12.3 Å². The standard InChI is InChI=1S/C18H29N3O/c1-14(2)13-21-6-4-5-17(21)16-12-19-18(11-15(16)3)20-7-9-22-10-8-20/h11-12,14,17H,4-10,13H2,1-3H3/t17-/m1/s1. The molecule has 2 aliphatic heterocycles. The second-order valence-corrected chi connectivity index (χ2v) is 7.05. The molecule has 22 heavy (non-hydrogen) atoms. The van der Waals surface area contributed by atoms with E-state index in [1.165, 1.54) is 37.1 Å². The van der Waals surface area contributed by atoms with E-state index in [-0.39, 0.29) is 0 Å². The van der Waals surface area contributed by atoms with Crippen LogP contribution in [0, 0.1) is 12.8 Å².